The van der Waals surface area contributed by atoms with Crippen LogP contribution < -0.4 is 5.32 Å². The quantitative estimate of drug-likeness (QED) is 0.689. The number of aryl methyl sites for hydroxylation is 1. The van der Waals surface area contributed by atoms with Crippen molar-refractivity contribution in [3.05, 3.63) is 65.2 Å². The number of fused-ring (bicyclic) bond motifs is 1. The third-order valence-corrected chi connectivity index (χ3v) is 3.86. The minimum absolute atomic E-state index is 0.280. The van der Waals surface area contributed by atoms with E-state index in [0.717, 1.165) is 10.5 Å². The maximum atomic E-state index is 12.6. The Morgan fingerprint density at radius 2 is 1.54 bits per heavy atom. The number of hydrogen-bond donors (Lipinski definition) is 1. The van der Waals surface area contributed by atoms with Crippen molar-refractivity contribution in [2.45, 2.75) is 13.1 Å². The molecule has 2 amide bonds. The fraction of sp³-hybridized carbons (Fsp3) is 0.167. The van der Waals surface area contributed by atoms with Gasteiger partial charge in [-0.05, 0) is 31.2 Å². The van der Waals surface area contributed by atoms with Gasteiger partial charge in [0, 0.05) is 5.69 Å². The first kappa shape index (κ1) is 15.7. The maximum Gasteiger partial charge on any atom is 0.350 e. The summed E-state index contributed by atoms with van der Waals surface area (Å²) in [5.74, 6) is -1.76. The first-order chi connectivity index (χ1) is 11.5. The number of amides is 2. The van der Waals surface area contributed by atoms with Crippen LogP contribution in [0.4, 0.5) is 5.69 Å². The number of benzene rings is 2. The molecule has 1 N–H and O–H groups in total. The van der Waals surface area contributed by atoms with Gasteiger partial charge in [-0.15, -0.1) is 0 Å². The van der Waals surface area contributed by atoms with Crippen molar-refractivity contribution in [2.75, 3.05) is 12.4 Å². The molecule has 0 aliphatic carbocycles. The molecular weight excluding hydrogens is 308 g/mol. The van der Waals surface area contributed by atoms with E-state index in [2.05, 4.69) is 5.32 Å². The van der Waals surface area contributed by atoms with Gasteiger partial charge < -0.3 is 10.1 Å². The predicted octanol–water partition coefficient (Wildman–Crippen LogP) is 2.20. The number of carbonyl (C=O) groups excluding carboxylic acids is 3. The van der Waals surface area contributed by atoms with E-state index in [-0.39, 0.29) is 11.1 Å². The summed E-state index contributed by atoms with van der Waals surface area (Å²) in [5, 5.41) is 2.90. The highest BCUT2D eigenvalue weighted by molar-refractivity contribution is 6.22. The number of carbonyl (C=O) groups is 3. The summed E-state index contributed by atoms with van der Waals surface area (Å²) < 4.78 is 4.77. The number of nitrogens with one attached hydrogen (secondary N) is 1. The number of esters is 1. The van der Waals surface area contributed by atoms with Crippen LogP contribution >= 0.6 is 0 Å². The Labute approximate surface area is 139 Å². The first-order valence-electron chi connectivity index (χ1n) is 7.41. The molecule has 2 aromatic rings. The Kier molecular flexibility index (Phi) is 4.04. The molecule has 0 spiro atoms. The van der Waals surface area contributed by atoms with Crippen molar-refractivity contribution in [3.8, 4) is 0 Å². The van der Waals surface area contributed by atoms with E-state index < -0.39 is 23.9 Å². The van der Waals surface area contributed by atoms with Crippen LogP contribution in [0.25, 0.3) is 0 Å². The second-order valence-corrected chi connectivity index (χ2v) is 5.46. The van der Waals surface area contributed by atoms with Crippen LogP contribution in [0.3, 0.4) is 0 Å². The van der Waals surface area contributed by atoms with Crippen molar-refractivity contribution < 1.29 is 19.1 Å². The van der Waals surface area contributed by atoms with Gasteiger partial charge in [0.25, 0.3) is 11.8 Å². The molecule has 24 heavy (non-hydrogen) atoms. The molecule has 1 aliphatic heterocycles. The van der Waals surface area contributed by atoms with Gasteiger partial charge in [0.05, 0.1) is 18.2 Å². The lowest BCUT2D eigenvalue weighted by Gasteiger charge is -2.25. The van der Waals surface area contributed by atoms with Crippen molar-refractivity contribution in [3.63, 3.8) is 0 Å². The van der Waals surface area contributed by atoms with Crippen LogP contribution in [-0.2, 0) is 9.53 Å². The molecule has 1 unspecified atom stereocenters. The monoisotopic (exact) mass is 324 g/mol. The summed E-state index contributed by atoms with van der Waals surface area (Å²) >= 11 is 0. The Morgan fingerprint density at radius 1 is 1.00 bits per heavy atom. The molecule has 122 valence electrons. The summed E-state index contributed by atoms with van der Waals surface area (Å²) in [6, 6.07) is 13.7. The predicted molar refractivity (Wildman–Crippen MR) is 87.5 cm³/mol. The lowest BCUT2D eigenvalue weighted by molar-refractivity contribution is -0.144. The average molecular weight is 324 g/mol. The van der Waals surface area contributed by atoms with Gasteiger partial charge in [-0.25, -0.2) is 9.69 Å². The lowest BCUT2D eigenvalue weighted by Crippen LogP contribution is -2.50. The SMILES string of the molecule is COC(=O)C(Nc1ccc(C)cc1)N1C(=O)c2ccccc2C1=O. The van der Waals surface area contributed by atoms with Crippen molar-refractivity contribution in [1.29, 1.82) is 0 Å². The molecule has 0 fully saturated rings. The van der Waals surface area contributed by atoms with E-state index in [1.165, 1.54) is 7.11 Å². The Hall–Kier alpha value is -3.15. The number of ether oxygens (including phenoxy) is 1. The van der Waals surface area contributed by atoms with Gasteiger partial charge in [-0.3, -0.25) is 9.59 Å². The molecule has 6 nitrogen and oxygen atoms in total. The fourth-order valence-corrected chi connectivity index (χ4v) is 2.59. The smallest absolute Gasteiger partial charge is 0.350 e. The zero-order valence-corrected chi connectivity index (χ0v) is 13.3. The van der Waals surface area contributed by atoms with Crippen LogP contribution in [0.1, 0.15) is 26.3 Å². The number of hydrogen-bond acceptors (Lipinski definition) is 5. The summed E-state index contributed by atoms with van der Waals surface area (Å²) in [6.07, 6.45) is -1.23. The van der Waals surface area contributed by atoms with Crippen LogP contribution in [0.2, 0.25) is 0 Å². The second kappa shape index (κ2) is 6.16. The average Bonchev–Trinajstić information content (AvgIpc) is 2.85. The molecule has 1 heterocycles. The fourth-order valence-electron chi connectivity index (χ4n) is 2.59. The molecule has 0 saturated heterocycles. The number of imide groups is 1. The zero-order chi connectivity index (χ0) is 17.3. The van der Waals surface area contributed by atoms with Crippen molar-refractivity contribution >= 4 is 23.5 Å². The van der Waals surface area contributed by atoms with Gasteiger partial charge >= 0.3 is 5.97 Å². The minimum Gasteiger partial charge on any atom is -0.466 e. The molecule has 0 saturated carbocycles. The highest BCUT2D eigenvalue weighted by atomic mass is 16.5. The van der Waals surface area contributed by atoms with E-state index >= 15 is 0 Å². The molecule has 1 atom stereocenters. The van der Waals surface area contributed by atoms with E-state index in [1.54, 1.807) is 36.4 Å². The van der Waals surface area contributed by atoms with Crippen LogP contribution in [0, 0.1) is 6.92 Å². The molecule has 0 aromatic heterocycles. The molecular formula is C18H16N2O4. The Bertz CT molecular complexity index is 779. The first-order valence-corrected chi connectivity index (χ1v) is 7.41. The minimum atomic E-state index is -1.23. The van der Waals surface area contributed by atoms with Crippen molar-refractivity contribution in [2.24, 2.45) is 0 Å². The molecule has 2 aromatic carbocycles. The Morgan fingerprint density at radius 3 is 2.04 bits per heavy atom. The highest BCUT2D eigenvalue weighted by Crippen LogP contribution is 2.25. The van der Waals surface area contributed by atoms with E-state index in [0.29, 0.717) is 5.69 Å². The van der Waals surface area contributed by atoms with E-state index in [9.17, 15) is 14.4 Å². The van der Waals surface area contributed by atoms with Gasteiger partial charge in [0.2, 0.25) is 6.17 Å². The maximum absolute atomic E-state index is 12.6. The number of anilines is 1. The number of rotatable bonds is 4. The summed E-state index contributed by atoms with van der Waals surface area (Å²) in [5.41, 5.74) is 2.22. The lowest BCUT2D eigenvalue weighted by atomic mass is 10.1. The highest BCUT2D eigenvalue weighted by Gasteiger charge is 2.43. The second-order valence-electron chi connectivity index (χ2n) is 5.46. The number of methoxy groups -OCH3 is 1. The Balaban J connectivity index is 1.95. The topological polar surface area (TPSA) is 75.7 Å². The van der Waals surface area contributed by atoms with Gasteiger partial charge in [0.15, 0.2) is 0 Å². The largest absolute Gasteiger partial charge is 0.466 e. The van der Waals surface area contributed by atoms with Gasteiger partial charge in [0.1, 0.15) is 0 Å². The molecule has 3 rings (SSSR count). The van der Waals surface area contributed by atoms with Crippen LogP contribution in [0.15, 0.2) is 48.5 Å². The van der Waals surface area contributed by atoms with Crippen LogP contribution in [0.5, 0.6) is 0 Å². The molecule has 1 aliphatic rings. The molecule has 6 heteroatoms. The molecule has 0 radical (unpaired) electrons. The van der Waals surface area contributed by atoms with Gasteiger partial charge in [-0.2, -0.15) is 0 Å². The summed E-state index contributed by atoms with van der Waals surface area (Å²) in [4.78, 5) is 38.2. The van der Waals surface area contributed by atoms with E-state index in [1.807, 2.05) is 19.1 Å². The van der Waals surface area contributed by atoms with Crippen LogP contribution in [-0.4, -0.2) is 36.0 Å². The molecule has 0 bridgehead atoms. The van der Waals surface area contributed by atoms with E-state index in [4.69, 9.17) is 4.74 Å². The standard InChI is InChI=1S/C18H16N2O4/c1-11-7-9-12(10-8-11)19-15(18(23)24-2)20-16(21)13-5-3-4-6-14(13)17(20)22/h3-10,15,19H,1-2H3. The summed E-state index contributed by atoms with van der Waals surface area (Å²) in [6.45, 7) is 1.94. The normalized spacial score (nSPS) is 14.3. The summed E-state index contributed by atoms with van der Waals surface area (Å²) in [7, 11) is 1.21. The third-order valence-electron chi connectivity index (χ3n) is 3.86. The zero-order valence-electron chi connectivity index (χ0n) is 13.3. The van der Waals surface area contributed by atoms with Crippen molar-refractivity contribution in [1.82, 2.24) is 4.90 Å². The van der Waals surface area contributed by atoms with Gasteiger partial charge in [-0.1, -0.05) is 29.8 Å². The third kappa shape index (κ3) is 2.62. The number of nitrogens with zero attached hydrogens (tertiary/aromatic N) is 1.